The standard InChI is InChI=1S/C17H14FN3O4/c18-5-6-21(12-7-15(22)23-10-12)17-16(11-8-19-25-24-9-11)13-3-1-2-4-14(13)20-17/h1-4,7-9,20H,5-6,10H2. The third-order valence-electron chi connectivity index (χ3n) is 4.00. The molecule has 0 saturated heterocycles. The molecule has 0 amide bonds. The van der Waals surface area contributed by atoms with Gasteiger partial charge < -0.3 is 14.6 Å². The Morgan fingerprint density at radius 2 is 2.20 bits per heavy atom. The van der Waals surface area contributed by atoms with Crippen molar-refractivity contribution in [1.82, 2.24) is 4.98 Å². The van der Waals surface area contributed by atoms with Gasteiger partial charge in [-0.25, -0.2) is 9.18 Å². The monoisotopic (exact) mass is 343 g/mol. The lowest BCUT2D eigenvalue weighted by Gasteiger charge is -2.24. The number of cyclic esters (lactones) is 1. The van der Waals surface area contributed by atoms with Crippen molar-refractivity contribution in [3.63, 3.8) is 0 Å². The number of aromatic nitrogens is 1. The zero-order chi connectivity index (χ0) is 17.2. The number of benzene rings is 1. The summed E-state index contributed by atoms with van der Waals surface area (Å²) in [4.78, 5) is 25.8. The molecule has 0 bridgehead atoms. The number of nitrogens with zero attached hydrogens (tertiary/aromatic N) is 2. The van der Waals surface area contributed by atoms with E-state index < -0.39 is 12.6 Å². The van der Waals surface area contributed by atoms with Crippen LogP contribution in [0.2, 0.25) is 0 Å². The highest BCUT2D eigenvalue weighted by Crippen LogP contribution is 2.36. The van der Waals surface area contributed by atoms with E-state index in [1.807, 2.05) is 24.3 Å². The van der Waals surface area contributed by atoms with Gasteiger partial charge in [-0.3, -0.25) is 4.89 Å². The summed E-state index contributed by atoms with van der Waals surface area (Å²) in [5.74, 6) is 0.193. The molecule has 1 N–H and O–H groups in total. The van der Waals surface area contributed by atoms with E-state index in [0.717, 1.165) is 16.5 Å². The average Bonchev–Trinajstić information content (AvgIpc) is 3.24. The number of para-hydroxylation sites is 1. The van der Waals surface area contributed by atoms with Crippen LogP contribution in [0.15, 0.2) is 47.5 Å². The first-order valence-corrected chi connectivity index (χ1v) is 7.66. The van der Waals surface area contributed by atoms with E-state index >= 15 is 0 Å². The summed E-state index contributed by atoms with van der Waals surface area (Å²) in [6.45, 7) is -0.419. The number of halogens is 1. The number of nitrogens with one attached hydrogen (secondary N) is 1. The predicted molar refractivity (Wildman–Crippen MR) is 89.3 cm³/mol. The van der Waals surface area contributed by atoms with Crippen molar-refractivity contribution < 1.29 is 23.8 Å². The molecule has 0 unspecified atom stereocenters. The number of esters is 1. The quantitative estimate of drug-likeness (QED) is 0.667. The molecule has 2 aliphatic rings. The minimum atomic E-state index is -0.590. The summed E-state index contributed by atoms with van der Waals surface area (Å²) in [5.41, 5.74) is 2.88. The van der Waals surface area contributed by atoms with E-state index in [9.17, 15) is 9.18 Å². The smallest absolute Gasteiger partial charge is 0.333 e. The Morgan fingerprint density at radius 3 is 2.92 bits per heavy atom. The number of ether oxygens (including phenoxy) is 1. The number of allylic oxidation sites excluding steroid dienone is 1. The summed E-state index contributed by atoms with van der Waals surface area (Å²) in [6, 6.07) is 7.66. The van der Waals surface area contributed by atoms with Crippen LogP contribution in [-0.2, 0) is 19.4 Å². The van der Waals surface area contributed by atoms with Crippen molar-refractivity contribution in [2.24, 2.45) is 5.16 Å². The first-order valence-electron chi connectivity index (χ1n) is 7.66. The van der Waals surface area contributed by atoms with E-state index in [2.05, 4.69) is 15.1 Å². The molecule has 2 aliphatic heterocycles. The molecule has 0 fully saturated rings. The van der Waals surface area contributed by atoms with Gasteiger partial charge in [-0.2, -0.15) is 4.99 Å². The van der Waals surface area contributed by atoms with Gasteiger partial charge in [0.1, 0.15) is 19.1 Å². The summed E-state index contributed by atoms with van der Waals surface area (Å²) in [5, 5.41) is 4.57. The van der Waals surface area contributed by atoms with Crippen LogP contribution in [-0.4, -0.2) is 37.0 Å². The van der Waals surface area contributed by atoms with Crippen LogP contribution in [0.5, 0.6) is 0 Å². The number of rotatable bonds is 5. The number of alkyl halides is 1. The van der Waals surface area contributed by atoms with E-state index in [0.29, 0.717) is 17.1 Å². The number of fused-ring (bicyclic) bond motifs is 1. The fourth-order valence-corrected chi connectivity index (χ4v) is 2.96. The molecule has 1 aromatic heterocycles. The molecule has 0 saturated carbocycles. The summed E-state index contributed by atoms with van der Waals surface area (Å²) in [6.07, 6.45) is 4.30. The average molecular weight is 343 g/mol. The molecule has 8 heteroatoms. The van der Waals surface area contributed by atoms with Gasteiger partial charge in [-0.1, -0.05) is 18.2 Å². The van der Waals surface area contributed by atoms with Gasteiger partial charge in [0.15, 0.2) is 6.26 Å². The maximum atomic E-state index is 13.2. The second kappa shape index (κ2) is 6.31. The zero-order valence-electron chi connectivity index (χ0n) is 13.1. The van der Waals surface area contributed by atoms with E-state index in [4.69, 9.17) is 9.62 Å². The number of oxime groups is 1. The molecule has 0 radical (unpaired) electrons. The largest absolute Gasteiger partial charge is 0.456 e. The first-order chi connectivity index (χ1) is 12.3. The van der Waals surface area contributed by atoms with Gasteiger partial charge in [0.2, 0.25) is 0 Å². The fraction of sp³-hybridized carbons (Fsp3) is 0.176. The number of H-pyrrole nitrogens is 1. The molecular formula is C17H14FN3O4. The third-order valence-corrected chi connectivity index (χ3v) is 4.00. The van der Waals surface area contributed by atoms with Crippen LogP contribution in [0.1, 0.15) is 5.56 Å². The SMILES string of the molecule is O=C1C=C(N(CCF)c2[nH]c3ccccc3c2C2=COON=C2)CO1. The Hall–Kier alpha value is -3.29. The van der Waals surface area contributed by atoms with Gasteiger partial charge in [0.05, 0.1) is 18.5 Å². The van der Waals surface area contributed by atoms with E-state index in [-0.39, 0.29) is 13.2 Å². The fourth-order valence-electron chi connectivity index (χ4n) is 2.96. The molecule has 25 heavy (non-hydrogen) atoms. The van der Waals surface area contributed by atoms with Crippen LogP contribution in [0.3, 0.4) is 0 Å². The second-order valence-corrected chi connectivity index (χ2v) is 5.46. The molecule has 1 aromatic carbocycles. The number of anilines is 1. The molecule has 4 rings (SSSR count). The van der Waals surface area contributed by atoms with Crippen molar-refractivity contribution in [2.45, 2.75) is 0 Å². The van der Waals surface area contributed by atoms with Crippen LogP contribution >= 0.6 is 0 Å². The zero-order valence-corrected chi connectivity index (χ0v) is 13.1. The molecule has 7 nitrogen and oxygen atoms in total. The van der Waals surface area contributed by atoms with Gasteiger partial charge in [-0.05, 0) is 11.2 Å². The molecule has 0 aliphatic carbocycles. The lowest BCUT2D eigenvalue weighted by atomic mass is 10.1. The van der Waals surface area contributed by atoms with Crippen LogP contribution in [0.4, 0.5) is 10.2 Å². The Labute approximate surface area is 141 Å². The molecule has 2 aromatic rings. The Kier molecular flexibility index (Phi) is 3.85. The molecule has 0 spiro atoms. The van der Waals surface area contributed by atoms with E-state index in [1.165, 1.54) is 18.6 Å². The Balaban J connectivity index is 1.90. The second-order valence-electron chi connectivity index (χ2n) is 5.46. The first kappa shape index (κ1) is 15.3. The summed E-state index contributed by atoms with van der Waals surface area (Å²) in [7, 11) is 0. The Morgan fingerprint density at radius 1 is 1.32 bits per heavy atom. The summed E-state index contributed by atoms with van der Waals surface area (Å²) >= 11 is 0. The number of carbonyl (C=O) groups is 1. The highest BCUT2D eigenvalue weighted by molar-refractivity contribution is 6.17. The van der Waals surface area contributed by atoms with Crippen molar-refractivity contribution >= 4 is 34.5 Å². The number of hydrogen-bond acceptors (Lipinski definition) is 6. The van der Waals surface area contributed by atoms with E-state index in [1.54, 1.807) is 4.90 Å². The van der Waals surface area contributed by atoms with Crippen molar-refractivity contribution in [3.05, 3.63) is 47.9 Å². The molecule has 0 atom stereocenters. The van der Waals surface area contributed by atoms with Crippen LogP contribution in [0, 0.1) is 0 Å². The molecule has 3 heterocycles. The minimum Gasteiger partial charge on any atom is -0.456 e. The van der Waals surface area contributed by atoms with Crippen LogP contribution < -0.4 is 4.90 Å². The lowest BCUT2D eigenvalue weighted by Crippen LogP contribution is -2.27. The maximum Gasteiger partial charge on any atom is 0.333 e. The number of hydrogen-bond donors (Lipinski definition) is 1. The van der Waals surface area contributed by atoms with Crippen LogP contribution in [0.25, 0.3) is 16.5 Å². The van der Waals surface area contributed by atoms with Gasteiger partial charge in [0, 0.05) is 28.1 Å². The van der Waals surface area contributed by atoms with Gasteiger partial charge in [-0.15, -0.1) is 0 Å². The minimum absolute atomic E-state index is 0.0735. The van der Waals surface area contributed by atoms with Crippen molar-refractivity contribution in [3.8, 4) is 0 Å². The third kappa shape index (κ3) is 2.71. The number of aromatic amines is 1. The summed E-state index contributed by atoms with van der Waals surface area (Å²) < 4.78 is 18.2. The lowest BCUT2D eigenvalue weighted by molar-refractivity contribution is -0.250. The highest BCUT2D eigenvalue weighted by atomic mass is 19.1. The normalized spacial score (nSPS) is 16.1. The maximum absolute atomic E-state index is 13.2. The Bertz CT molecular complexity index is 916. The predicted octanol–water partition coefficient (Wildman–Crippen LogP) is 2.67. The molecule has 128 valence electrons. The number of carbonyl (C=O) groups excluding carboxylic acids is 1. The van der Waals surface area contributed by atoms with Gasteiger partial charge >= 0.3 is 5.97 Å². The van der Waals surface area contributed by atoms with Crippen molar-refractivity contribution in [1.29, 1.82) is 0 Å². The topological polar surface area (TPSA) is 76.2 Å². The molecular weight excluding hydrogens is 329 g/mol. The van der Waals surface area contributed by atoms with Gasteiger partial charge in [0.25, 0.3) is 0 Å². The van der Waals surface area contributed by atoms with Crippen molar-refractivity contribution in [2.75, 3.05) is 24.7 Å². The highest BCUT2D eigenvalue weighted by Gasteiger charge is 2.26.